The number of alkyl halides is 6. The summed E-state index contributed by atoms with van der Waals surface area (Å²) in [5, 5.41) is 0. The minimum atomic E-state index is -3.36. The van der Waals surface area contributed by atoms with Crippen molar-refractivity contribution in [3.05, 3.63) is 267 Å². The predicted octanol–water partition coefficient (Wildman–Crippen LogP) is 27.8. The van der Waals surface area contributed by atoms with E-state index in [-0.39, 0.29) is 56.1 Å². The van der Waals surface area contributed by atoms with E-state index in [1.807, 2.05) is 0 Å². The van der Waals surface area contributed by atoms with Crippen LogP contribution in [-0.2, 0) is 61.2 Å². The summed E-state index contributed by atoms with van der Waals surface area (Å²) >= 11 is 0. The Labute approximate surface area is 745 Å². The van der Waals surface area contributed by atoms with Gasteiger partial charge in [0.15, 0.2) is 57.3 Å². The van der Waals surface area contributed by atoms with Crippen molar-refractivity contribution in [1.82, 2.24) is 0 Å². The Morgan fingerprint density at radius 2 is 0.496 bits per heavy atom. The number of rotatable bonds is 22. The van der Waals surface area contributed by atoms with Gasteiger partial charge < -0.3 is 23.7 Å². The lowest BCUT2D eigenvalue weighted by Crippen LogP contribution is -2.51. The maximum atomic E-state index is 12.8. The maximum absolute atomic E-state index is 12.8. The van der Waals surface area contributed by atoms with E-state index in [4.69, 9.17) is 18.9 Å². The third-order valence-electron chi connectivity index (χ3n) is 28.7. The summed E-state index contributed by atoms with van der Waals surface area (Å²) in [4.78, 5) is 47.0. The molecule has 0 N–H and O–H groups in total. The molecule has 0 unspecified atom stereocenters. The van der Waals surface area contributed by atoms with Crippen molar-refractivity contribution in [2.45, 2.75) is 237 Å². The van der Waals surface area contributed by atoms with E-state index in [1.54, 1.807) is 0 Å². The second-order valence-corrected chi connectivity index (χ2v) is 45.7. The summed E-state index contributed by atoms with van der Waals surface area (Å²) in [7, 11) is -0.120. The summed E-state index contributed by atoms with van der Waals surface area (Å²) in [6.45, 7) is 1.90. The molecule has 0 spiro atoms. The van der Waals surface area contributed by atoms with E-state index in [0.29, 0.717) is 36.7 Å². The monoisotopic (exact) mass is 1760 g/mol. The van der Waals surface area contributed by atoms with Gasteiger partial charge in [0, 0.05) is 37.0 Å². The standard InChI is InChI=1S/C29H31OS.2C18H15S.C15H22F2O3.2C14H20F2O2/c1-3-7-26(8-4-1)31(27-9-5-2-6-10-27)28-13-11-25(12-14-28)30-21-29-18-22-15-23(19-29)17-24(16-22)20-29;2*1-4-10-16(11-5-1)19(17-12-6-2-7-13-17)18-14-8-3-9-15-18;1-14(16,17)8-19-13(18)20-9-15-5-10-2-11(6-15)4-12(3-10)7-15;1-13(15,16)12(17)18-8-14-5-9-2-10(6-14)4-11(3-9)7-14;1-13(15,16)8-18-12(17)14-5-9-2-10(6-14)4-11(3-9)7-14/h1-14,22-24H,15-21H2;2*1-15H;10-12H,2-9H2,1H3;2*9-11H,2-8H2,1H3/q3*+1;;;. The zero-order chi connectivity index (χ0) is 86.8. The molecule has 17 heteroatoms. The quantitative estimate of drug-likeness (QED) is 0.0286. The van der Waals surface area contributed by atoms with Gasteiger partial charge in [0.05, 0.1) is 51.3 Å². The number of ether oxygens (including phenoxy) is 5. The van der Waals surface area contributed by atoms with E-state index in [1.165, 1.54) is 140 Å². The normalized spacial score (nSPS) is 28.7. The molecule has 16 bridgehead atoms. The summed E-state index contributed by atoms with van der Waals surface area (Å²) in [5.41, 5.74) is 0.171. The van der Waals surface area contributed by atoms with E-state index >= 15 is 0 Å². The van der Waals surface area contributed by atoms with Crippen molar-refractivity contribution in [3.8, 4) is 5.75 Å². The smallest absolute Gasteiger partial charge is 0.493 e. The summed E-state index contributed by atoms with van der Waals surface area (Å²) in [6.07, 6.45) is 28.5. The van der Waals surface area contributed by atoms with Crippen LogP contribution in [-0.4, -0.2) is 68.9 Å². The number of halogens is 6. The van der Waals surface area contributed by atoms with Gasteiger partial charge in [0.25, 0.3) is 11.8 Å². The lowest BCUT2D eigenvalue weighted by molar-refractivity contribution is -0.180. The molecule has 0 aliphatic heterocycles. The zero-order valence-electron chi connectivity index (χ0n) is 72.6. The second-order valence-electron chi connectivity index (χ2n) is 39.6. The van der Waals surface area contributed by atoms with Crippen LogP contribution in [0.3, 0.4) is 0 Å². The molecule has 9 aromatic carbocycles. The number of esters is 2. The van der Waals surface area contributed by atoms with Crippen LogP contribution in [0.1, 0.15) is 175 Å². The Balaban J connectivity index is 0.000000112. The van der Waals surface area contributed by atoms with Crippen LogP contribution in [0.15, 0.2) is 311 Å². The van der Waals surface area contributed by atoms with Gasteiger partial charge in [-0.3, -0.25) is 4.79 Å². The molecule has 16 saturated carbocycles. The first kappa shape index (κ1) is 90.0. The van der Waals surface area contributed by atoms with Crippen molar-refractivity contribution in [2.75, 3.05) is 33.0 Å². The lowest BCUT2D eigenvalue weighted by atomic mass is 9.49. The first-order valence-corrected chi connectivity index (χ1v) is 49.5. The average Bonchev–Trinajstić information content (AvgIpc) is 0.750. The van der Waals surface area contributed by atoms with Crippen molar-refractivity contribution >= 4 is 50.8 Å². The fourth-order valence-electron chi connectivity index (χ4n) is 25.5. The van der Waals surface area contributed by atoms with Gasteiger partial charge in [-0.2, -0.15) is 8.78 Å². The largest absolute Gasteiger partial charge is 0.508 e. The van der Waals surface area contributed by atoms with Crippen molar-refractivity contribution in [1.29, 1.82) is 0 Å². The van der Waals surface area contributed by atoms with Gasteiger partial charge in [-0.05, 0) is 346 Å². The van der Waals surface area contributed by atoms with Gasteiger partial charge in [0.1, 0.15) is 12.4 Å². The van der Waals surface area contributed by atoms with Crippen LogP contribution in [0.25, 0.3) is 0 Å². The molecule has 0 atom stereocenters. The van der Waals surface area contributed by atoms with Gasteiger partial charge >= 0.3 is 24.0 Å². The first-order valence-electron chi connectivity index (χ1n) is 45.9. The fourth-order valence-corrected chi connectivity index (χ4v) is 31.8. The molecule has 660 valence electrons. The number of benzene rings is 9. The van der Waals surface area contributed by atoms with Crippen LogP contribution >= 0.6 is 0 Å². The molecule has 16 aliphatic carbocycles. The maximum Gasteiger partial charge on any atom is 0.508 e. The SMILES string of the molecule is CC(F)(F)C(=O)OCC12CC3CC(CC(C3)C1)C2.CC(F)(F)COC(=O)C12CC3CC(CC(C3)C1)C2.CC(F)(F)COC(=O)OCC12CC3CC(CC(C3)C1)C2.c1ccc([S+](c2ccccc2)c2ccc(OCC34CC5CC(CC(C5)C3)C4)cc2)cc1.c1ccc([S+](c2ccccc2)c2ccccc2)cc1.c1ccc([S+](c2ccccc2)c2ccccc2)cc1. The number of carbonyl (C=O) groups excluding carboxylic acids is 3. The molecule has 25 rings (SSSR count). The van der Waals surface area contributed by atoms with Gasteiger partial charge in [-0.25, -0.2) is 27.2 Å². The van der Waals surface area contributed by atoms with Crippen molar-refractivity contribution < 1.29 is 64.4 Å². The highest BCUT2D eigenvalue weighted by molar-refractivity contribution is 7.97. The predicted molar refractivity (Wildman–Crippen MR) is 483 cm³/mol. The van der Waals surface area contributed by atoms with Gasteiger partial charge in [-0.1, -0.05) is 146 Å². The molecule has 125 heavy (non-hydrogen) atoms. The molecular weight excluding hydrogens is 1640 g/mol. The summed E-state index contributed by atoms with van der Waals surface area (Å²) in [6, 6.07) is 95.0. The van der Waals surface area contributed by atoms with E-state index in [9.17, 15) is 40.7 Å². The number of hydrogen-bond donors (Lipinski definition) is 0. The Hall–Kier alpha value is -8.38. The number of carbonyl (C=O) groups is 3. The highest BCUT2D eigenvalue weighted by Crippen LogP contribution is 2.64. The molecule has 16 aliphatic rings. The van der Waals surface area contributed by atoms with Crippen LogP contribution in [0.2, 0.25) is 0 Å². The van der Waals surface area contributed by atoms with E-state index in [2.05, 4.69) is 272 Å². The Morgan fingerprint density at radius 3 is 0.736 bits per heavy atom. The molecule has 0 amide bonds. The number of hydrogen-bond acceptors (Lipinski definition) is 8. The fraction of sp³-hybridized carbons (Fsp3) is 0.472. The highest BCUT2D eigenvalue weighted by Gasteiger charge is 2.58. The third-order valence-corrected chi connectivity index (χ3v) is 35.4. The zero-order valence-corrected chi connectivity index (χ0v) is 75.0. The molecule has 0 saturated heterocycles. The van der Waals surface area contributed by atoms with Crippen LogP contribution in [0.4, 0.5) is 31.1 Å². The molecular formula is C108H123F6O8S3+3. The Morgan fingerprint density at radius 1 is 0.280 bits per heavy atom. The minimum absolute atomic E-state index is 0.0146. The third kappa shape index (κ3) is 23.6. The van der Waals surface area contributed by atoms with Crippen LogP contribution in [0.5, 0.6) is 5.75 Å². The van der Waals surface area contributed by atoms with Crippen LogP contribution < -0.4 is 4.74 Å². The topological polar surface area (TPSA) is 97.4 Å². The highest BCUT2D eigenvalue weighted by atomic mass is 32.2. The molecule has 0 aromatic heterocycles. The summed E-state index contributed by atoms with van der Waals surface area (Å²) < 4.78 is 102. The van der Waals surface area contributed by atoms with Gasteiger partial charge in [-0.15, -0.1) is 0 Å². The average molecular weight is 1760 g/mol. The van der Waals surface area contributed by atoms with E-state index in [0.717, 1.165) is 137 Å². The molecule has 8 nitrogen and oxygen atoms in total. The van der Waals surface area contributed by atoms with Crippen molar-refractivity contribution in [2.24, 2.45) is 92.7 Å². The van der Waals surface area contributed by atoms with Crippen molar-refractivity contribution in [3.63, 3.8) is 0 Å². The molecule has 9 aromatic rings. The second kappa shape index (κ2) is 39.7. The Bertz CT molecular complexity index is 4440. The first-order chi connectivity index (χ1) is 60.2. The molecule has 16 fully saturated rings. The lowest BCUT2D eigenvalue weighted by Gasteiger charge is -2.56. The minimum Gasteiger partial charge on any atom is -0.493 e. The summed E-state index contributed by atoms with van der Waals surface area (Å²) in [5.74, 6) is -0.551. The molecule has 0 heterocycles. The van der Waals surface area contributed by atoms with E-state index < -0.39 is 48.5 Å². The Kier molecular flexibility index (Phi) is 28.6. The van der Waals surface area contributed by atoms with Gasteiger partial charge in [0.2, 0.25) is 0 Å². The molecule has 0 radical (unpaired) electrons. The van der Waals surface area contributed by atoms with Crippen LogP contribution in [0, 0.1) is 92.7 Å².